The molecule has 1 aromatic carbocycles. The van der Waals surface area contributed by atoms with E-state index in [9.17, 15) is 4.39 Å². The minimum atomic E-state index is -0.602. The molecule has 1 saturated carbocycles. The highest BCUT2D eigenvalue weighted by molar-refractivity contribution is 6.31. The van der Waals surface area contributed by atoms with Gasteiger partial charge in [0.25, 0.3) is 0 Å². The summed E-state index contributed by atoms with van der Waals surface area (Å²) in [5, 5.41) is 3.92. The molecule has 1 aliphatic rings. The molecule has 0 aliphatic heterocycles. The number of hydrogen-bond donors (Lipinski definition) is 1. The molecule has 2 N–H and O–H groups in total. The Morgan fingerprint density at radius 3 is 2.84 bits per heavy atom. The second kappa shape index (κ2) is 4.28. The molecule has 1 heterocycles. The minimum absolute atomic E-state index is 0.0292. The molecular weight excluding hydrogens is 269 g/mol. The summed E-state index contributed by atoms with van der Waals surface area (Å²) in [5.41, 5.74) is 6.21. The van der Waals surface area contributed by atoms with Gasteiger partial charge in [-0.1, -0.05) is 16.8 Å². The summed E-state index contributed by atoms with van der Waals surface area (Å²) in [7, 11) is 0. The minimum Gasteiger partial charge on any atom is -0.337 e. The second-order valence-electron chi connectivity index (χ2n) is 5.11. The van der Waals surface area contributed by atoms with Gasteiger partial charge in [0.15, 0.2) is 0 Å². The number of rotatable bonds is 3. The van der Waals surface area contributed by atoms with Crippen molar-refractivity contribution in [2.45, 2.75) is 25.3 Å². The Morgan fingerprint density at radius 1 is 1.47 bits per heavy atom. The third kappa shape index (κ3) is 2.24. The van der Waals surface area contributed by atoms with Crippen LogP contribution in [0.2, 0.25) is 5.02 Å². The Bertz CT molecular complexity index is 622. The number of halogens is 2. The summed E-state index contributed by atoms with van der Waals surface area (Å²) < 4.78 is 18.3. The molecule has 1 aliphatic carbocycles. The van der Waals surface area contributed by atoms with Gasteiger partial charge in [-0.15, -0.1) is 0 Å². The van der Waals surface area contributed by atoms with E-state index in [0.717, 1.165) is 12.8 Å². The molecule has 4 nitrogen and oxygen atoms in total. The van der Waals surface area contributed by atoms with E-state index >= 15 is 0 Å². The van der Waals surface area contributed by atoms with Crippen molar-refractivity contribution in [1.82, 2.24) is 10.1 Å². The zero-order valence-electron chi connectivity index (χ0n) is 10.4. The van der Waals surface area contributed by atoms with Gasteiger partial charge in [-0.3, -0.25) is 0 Å². The zero-order chi connectivity index (χ0) is 13.6. The van der Waals surface area contributed by atoms with Crippen LogP contribution in [-0.4, -0.2) is 10.1 Å². The molecular formula is C13H13ClFN3O. The summed E-state index contributed by atoms with van der Waals surface area (Å²) in [6.07, 6.45) is 2.15. The number of nitrogens with zero attached hydrogens (tertiary/aromatic N) is 2. The standard InChI is InChI=1S/C13H13ClFN3O/c1-13(16,8-3-4-8)12-17-11(18-19-12)7-2-5-10(15)9(14)6-7/h2,5-6,8H,3-4,16H2,1H3. The van der Waals surface area contributed by atoms with E-state index < -0.39 is 11.4 Å². The highest BCUT2D eigenvalue weighted by Gasteiger charge is 2.43. The van der Waals surface area contributed by atoms with Crippen molar-refractivity contribution in [3.8, 4) is 11.4 Å². The summed E-state index contributed by atoms with van der Waals surface area (Å²) in [5.74, 6) is 0.688. The predicted octanol–water partition coefficient (Wildman–Crippen LogP) is 3.11. The van der Waals surface area contributed by atoms with E-state index in [0.29, 0.717) is 23.2 Å². The third-order valence-electron chi connectivity index (χ3n) is 3.49. The Hall–Kier alpha value is -1.46. The second-order valence-corrected chi connectivity index (χ2v) is 5.52. The summed E-state index contributed by atoms with van der Waals surface area (Å²) in [4.78, 5) is 4.30. The van der Waals surface area contributed by atoms with Gasteiger partial charge in [0, 0.05) is 5.56 Å². The SMILES string of the molecule is CC(N)(c1nc(-c2ccc(F)c(Cl)c2)no1)C1CC1. The van der Waals surface area contributed by atoms with Crippen molar-refractivity contribution in [2.24, 2.45) is 11.7 Å². The fraction of sp³-hybridized carbons (Fsp3) is 0.385. The molecule has 0 spiro atoms. The van der Waals surface area contributed by atoms with Crippen molar-refractivity contribution in [2.75, 3.05) is 0 Å². The van der Waals surface area contributed by atoms with Gasteiger partial charge in [-0.05, 0) is 43.9 Å². The fourth-order valence-electron chi connectivity index (χ4n) is 2.05. The largest absolute Gasteiger partial charge is 0.337 e. The van der Waals surface area contributed by atoms with Crippen LogP contribution < -0.4 is 5.73 Å². The van der Waals surface area contributed by atoms with Crippen molar-refractivity contribution < 1.29 is 8.91 Å². The van der Waals surface area contributed by atoms with E-state index in [2.05, 4.69) is 10.1 Å². The molecule has 3 rings (SSSR count). The van der Waals surface area contributed by atoms with Gasteiger partial charge in [0.2, 0.25) is 11.7 Å². The first kappa shape index (κ1) is 12.6. The molecule has 1 unspecified atom stereocenters. The van der Waals surface area contributed by atoms with Crippen LogP contribution in [0.3, 0.4) is 0 Å². The maximum Gasteiger partial charge on any atom is 0.247 e. The molecule has 0 amide bonds. The van der Waals surface area contributed by atoms with E-state index in [-0.39, 0.29) is 5.02 Å². The Labute approximate surface area is 114 Å². The molecule has 0 radical (unpaired) electrons. The number of aromatic nitrogens is 2. The van der Waals surface area contributed by atoms with Gasteiger partial charge < -0.3 is 10.3 Å². The van der Waals surface area contributed by atoms with Crippen LogP contribution in [0.4, 0.5) is 4.39 Å². The van der Waals surface area contributed by atoms with Gasteiger partial charge >= 0.3 is 0 Å². The highest BCUT2D eigenvalue weighted by atomic mass is 35.5. The van der Waals surface area contributed by atoms with Crippen LogP contribution in [0.5, 0.6) is 0 Å². The summed E-state index contributed by atoms with van der Waals surface area (Å²) >= 11 is 5.74. The smallest absolute Gasteiger partial charge is 0.247 e. The lowest BCUT2D eigenvalue weighted by Crippen LogP contribution is -2.35. The summed E-state index contributed by atoms with van der Waals surface area (Å²) in [6, 6.07) is 4.30. The van der Waals surface area contributed by atoms with Crippen molar-refractivity contribution in [3.05, 3.63) is 34.9 Å². The van der Waals surface area contributed by atoms with Crippen LogP contribution in [0.1, 0.15) is 25.7 Å². The lowest BCUT2D eigenvalue weighted by atomic mass is 9.97. The topological polar surface area (TPSA) is 64.9 Å². The lowest BCUT2D eigenvalue weighted by Gasteiger charge is -2.18. The Balaban J connectivity index is 1.94. The first-order chi connectivity index (χ1) is 8.98. The molecule has 100 valence electrons. The van der Waals surface area contributed by atoms with Crippen molar-refractivity contribution in [3.63, 3.8) is 0 Å². The molecule has 1 aromatic heterocycles. The Morgan fingerprint density at radius 2 is 2.21 bits per heavy atom. The number of nitrogens with two attached hydrogens (primary N) is 1. The first-order valence-electron chi connectivity index (χ1n) is 6.07. The summed E-state index contributed by atoms with van der Waals surface area (Å²) in [6.45, 7) is 1.89. The van der Waals surface area contributed by atoms with Gasteiger partial charge in [-0.2, -0.15) is 4.98 Å². The van der Waals surface area contributed by atoms with Crippen LogP contribution in [-0.2, 0) is 5.54 Å². The van der Waals surface area contributed by atoms with Crippen molar-refractivity contribution in [1.29, 1.82) is 0 Å². The van der Waals surface area contributed by atoms with Crippen LogP contribution >= 0.6 is 11.6 Å². The van der Waals surface area contributed by atoms with Gasteiger partial charge in [-0.25, -0.2) is 4.39 Å². The van der Waals surface area contributed by atoms with Crippen LogP contribution in [0.15, 0.2) is 22.7 Å². The number of benzene rings is 1. The fourth-order valence-corrected chi connectivity index (χ4v) is 2.23. The maximum atomic E-state index is 13.1. The lowest BCUT2D eigenvalue weighted by molar-refractivity contribution is 0.273. The average Bonchev–Trinajstić information content (AvgIpc) is 3.11. The van der Waals surface area contributed by atoms with Gasteiger partial charge in [0.1, 0.15) is 5.82 Å². The van der Waals surface area contributed by atoms with E-state index in [1.807, 2.05) is 6.92 Å². The Kier molecular flexibility index (Phi) is 2.83. The van der Waals surface area contributed by atoms with Crippen molar-refractivity contribution >= 4 is 11.6 Å². The molecule has 19 heavy (non-hydrogen) atoms. The van der Waals surface area contributed by atoms with Gasteiger partial charge in [0.05, 0.1) is 10.6 Å². The third-order valence-corrected chi connectivity index (χ3v) is 3.78. The molecule has 1 fully saturated rings. The maximum absolute atomic E-state index is 13.1. The van der Waals surface area contributed by atoms with E-state index in [1.54, 1.807) is 6.07 Å². The van der Waals surface area contributed by atoms with E-state index in [4.69, 9.17) is 21.9 Å². The normalized spacial score (nSPS) is 18.3. The van der Waals surface area contributed by atoms with Crippen LogP contribution in [0.25, 0.3) is 11.4 Å². The molecule has 2 aromatic rings. The monoisotopic (exact) mass is 281 g/mol. The average molecular weight is 282 g/mol. The van der Waals surface area contributed by atoms with E-state index in [1.165, 1.54) is 12.1 Å². The predicted molar refractivity (Wildman–Crippen MR) is 69.0 cm³/mol. The first-order valence-corrected chi connectivity index (χ1v) is 6.45. The molecule has 1 atom stereocenters. The number of hydrogen-bond acceptors (Lipinski definition) is 4. The molecule has 0 saturated heterocycles. The molecule has 6 heteroatoms. The molecule has 0 bridgehead atoms. The quantitative estimate of drug-likeness (QED) is 0.939. The zero-order valence-corrected chi connectivity index (χ0v) is 11.1. The van der Waals surface area contributed by atoms with Crippen LogP contribution in [0, 0.1) is 11.7 Å². The highest BCUT2D eigenvalue weighted by Crippen LogP contribution is 2.43.